The van der Waals surface area contributed by atoms with Crippen molar-refractivity contribution >= 4 is 17.6 Å². The Morgan fingerprint density at radius 1 is 1.35 bits per heavy atom. The van der Waals surface area contributed by atoms with Crippen LogP contribution < -0.4 is 14.8 Å². The second kappa shape index (κ2) is 5.81. The summed E-state index contributed by atoms with van der Waals surface area (Å²) in [7, 11) is 1.52. The third kappa shape index (κ3) is 3.01. The van der Waals surface area contributed by atoms with Gasteiger partial charge in [0.15, 0.2) is 11.5 Å². The van der Waals surface area contributed by atoms with Gasteiger partial charge >= 0.3 is 5.97 Å². The molecule has 1 aromatic carbocycles. The third-order valence-electron chi connectivity index (χ3n) is 3.18. The molecule has 1 amide bonds. The molecule has 0 unspecified atom stereocenters. The molecule has 1 aliphatic carbocycles. The molecule has 20 heavy (non-hydrogen) atoms. The van der Waals surface area contributed by atoms with Crippen molar-refractivity contribution in [3.8, 4) is 11.5 Å². The highest BCUT2D eigenvalue weighted by molar-refractivity contribution is 5.98. The van der Waals surface area contributed by atoms with E-state index in [0.29, 0.717) is 30.2 Å². The van der Waals surface area contributed by atoms with Gasteiger partial charge in [-0.2, -0.15) is 0 Å². The summed E-state index contributed by atoms with van der Waals surface area (Å²) in [6.45, 7) is 2.39. The number of carboxylic acids is 1. The van der Waals surface area contributed by atoms with Gasteiger partial charge in [0.25, 0.3) is 0 Å². The molecule has 0 heterocycles. The summed E-state index contributed by atoms with van der Waals surface area (Å²) in [5.41, 5.74) is 0.561. The zero-order valence-electron chi connectivity index (χ0n) is 11.4. The van der Waals surface area contributed by atoms with Gasteiger partial charge in [-0.1, -0.05) is 0 Å². The van der Waals surface area contributed by atoms with Gasteiger partial charge in [-0.05, 0) is 25.5 Å². The lowest BCUT2D eigenvalue weighted by molar-refractivity contribution is -0.139. The Morgan fingerprint density at radius 2 is 2.10 bits per heavy atom. The summed E-state index contributed by atoms with van der Waals surface area (Å²) in [6.07, 6.45) is 0.398. The molecule has 6 heteroatoms. The fraction of sp³-hybridized carbons (Fsp3) is 0.429. The first-order valence-corrected chi connectivity index (χ1v) is 6.41. The predicted octanol–water partition coefficient (Wildman–Crippen LogP) is 1.75. The fourth-order valence-corrected chi connectivity index (χ4v) is 2.01. The van der Waals surface area contributed by atoms with Gasteiger partial charge in [-0.25, -0.2) is 0 Å². The van der Waals surface area contributed by atoms with Crippen LogP contribution in [0.3, 0.4) is 0 Å². The SMILES string of the molecule is CCOc1ccc(NC(=O)[C@@H]2C[C@@H]2C(=O)O)cc1OC. The van der Waals surface area contributed by atoms with Crippen LogP contribution in [-0.4, -0.2) is 30.7 Å². The van der Waals surface area contributed by atoms with Gasteiger partial charge in [0, 0.05) is 11.8 Å². The second-order valence-electron chi connectivity index (χ2n) is 4.57. The molecular formula is C14H17NO5. The molecular weight excluding hydrogens is 262 g/mol. The largest absolute Gasteiger partial charge is 0.493 e. The highest BCUT2D eigenvalue weighted by atomic mass is 16.5. The van der Waals surface area contributed by atoms with E-state index < -0.39 is 17.8 Å². The summed E-state index contributed by atoms with van der Waals surface area (Å²) in [5, 5.41) is 11.5. The number of anilines is 1. The summed E-state index contributed by atoms with van der Waals surface area (Å²) in [6, 6.07) is 5.06. The van der Waals surface area contributed by atoms with E-state index >= 15 is 0 Å². The van der Waals surface area contributed by atoms with Crippen LogP contribution in [0.1, 0.15) is 13.3 Å². The standard InChI is InChI=1S/C14H17NO5/c1-3-20-11-5-4-8(6-12(11)19-2)15-13(16)9-7-10(9)14(17)18/h4-6,9-10H,3,7H2,1-2H3,(H,15,16)(H,17,18)/t9-,10+/m1/s1. The smallest absolute Gasteiger partial charge is 0.307 e. The number of benzene rings is 1. The second-order valence-corrected chi connectivity index (χ2v) is 4.57. The van der Waals surface area contributed by atoms with E-state index in [0.717, 1.165) is 0 Å². The Morgan fingerprint density at radius 3 is 2.65 bits per heavy atom. The van der Waals surface area contributed by atoms with Crippen molar-refractivity contribution in [1.82, 2.24) is 0 Å². The maximum atomic E-state index is 11.9. The Bertz CT molecular complexity index is 528. The molecule has 1 aliphatic rings. The van der Waals surface area contributed by atoms with E-state index in [9.17, 15) is 9.59 Å². The maximum Gasteiger partial charge on any atom is 0.307 e. The lowest BCUT2D eigenvalue weighted by Gasteiger charge is -2.11. The van der Waals surface area contributed by atoms with Crippen LogP contribution >= 0.6 is 0 Å². The van der Waals surface area contributed by atoms with Crippen LogP contribution in [0.25, 0.3) is 0 Å². The van der Waals surface area contributed by atoms with Crippen molar-refractivity contribution in [3.05, 3.63) is 18.2 Å². The van der Waals surface area contributed by atoms with E-state index in [1.807, 2.05) is 6.92 Å². The molecule has 1 aromatic rings. The molecule has 6 nitrogen and oxygen atoms in total. The summed E-state index contributed by atoms with van der Waals surface area (Å²) < 4.78 is 10.6. The number of carboxylic acid groups (broad SMARTS) is 1. The average Bonchev–Trinajstić information content (AvgIpc) is 3.21. The number of hydrogen-bond acceptors (Lipinski definition) is 4. The van der Waals surface area contributed by atoms with Crippen molar-refractivity contribution in [1.29, 1.82) is 0 Å². The minimum Gasteiger partial charge on any atom is -0.493 e. The molecule has 2 N–H and O–H groups in total. The van der Waals surface area contributed by atoms with E-state index in [1.54, 1.807) is 18.2 Å². The summed E-state index contributed by atoms with van der Waals surface area (Å²) in [5.74, 6) is -1.07. The average molecular weight is 279 g/mol. The minimum absolute atomic E-state index is 0.274. The quantitative estimate of drug-likeness (QED) is 0.828. The lowest BCUT2D eigenvalue weighted by atomic mass is 10.2. The van der Waals surface area contributed by atoms with Crippen LogP contribution in [-0.2, 0) is 9.59 Å². The maximum absolute atomic E-state index is 11.9. The first kappa shape index (κ1) is 14.2. The number of ether oxygens (including phenoxy) is 2. The molecule has 1 saturated carbocycles. The number of methoxy groups -OCH3 is 1. The Kier molecular flexibility index (Phi) is 4.12. The van der Waals surface area contributed by atoms with Crippen LogP contribution in [0, 0.1) is 11.8 Å². The summed E-state index contributed by atoms with van der Waals surface area (Å²) in [4.78, 5) is 22.6. The molecule has 1 fully saturated rings. The van der Waals surface area contributed by atoms with Crippen LogP contribution in [0.5, 0.6) is 11.5 Å². The normalized spacial score (nSPS) is 20.1. The molecule has 2 rings (SSSR count). The molecule has 0 aromatic heterocycles. The molecule has 0 radical (unpaired) electrons. The van der Waals surface area contributed by atoms with Gasteiger partial charge in [-0.3, -0.25) is 9.59 Å². The highest BCUT2D eigenvalue weighted by Crippen LogP contribution is 2.40. The van der Waals surface area contributed by atoms with E-state index in [2.05, 4.69) is 5.32 Å². The minimum atomic E-state index is -0.922. The lowest BCUT2D eigenvalue weighted by Crippen LogP contribution is -2.16. The van der Waals surface area contributed by atoms with Crippen molar-refractivity contribution in [2.45, 2.75) is 13.3 Å². The number of nitrogens with one attached hydrogen (secondary N) is 1. The number of rotatable bonds is 6. The zero-order chi connectivity index (χ0) is 14.7. The zero-order valence-corrected chi connectivity index (χ0v) is 11.4. The monoisotopic (exact) mass is 279 g/mol. The highest BCUT2D eigenvalue weighted by Gasteiger charge is 2.48. The number of carbonyl (C=O) groups is 2. The summed E-state index contributed by atoms with van der Waals surface area (Å²) >= 11 is 0. The van der Waals surface area contributed by atoms with Gasteiger partial charge < -0.3 is 19.9 Å². The predicted molar refractivity (Wildman–Crippen MR) is 72.0 cm³/mol. The Hall–Kier alpha value is -2.24. The number of aliphatic carboxylic acids is 1. The number of carbonyl (C=O) groups excluding carboxylic acids is 1. The van der Waals surface area contributed by atoms with Crippen molar-refractivity contribution < 1.29 is 24.2 Å². The molecule has 0 bridgehead atoms. The van der Waals surface area contributed by atoms with E-state index in [4.69, 9.17) is 14.6 Å². The van der Waals surface area contributed by atoms with Gasteiger partial charge in [0.2, 0.25) is 5.91 Å². The fourth-order valence-electron chi connectivity index (χ4n) is 2.01. The van der Waals surface area contributed by atoms with Crippen molar-refractivity contribution in [2.24, 2.45) is 11.8 Å². The topological polar surface area (TPSA) is 84.9 Å². The van der Waals surface area contributed by atoms with Gasteiger partial charge in [0.05, 0.1) is 25.6 Å². The van der Waals surface area contributed by atoms with E-state index in [-0.39, 0.29) is 5.91 Å². The molecule has 0 aliphatic heterocycles. The van der Waals surface area contributed by atoms with Crippen LogP contribution in [0.4, 0.5) is 5.69 Å². The molecule has 2 atom stereocenters. The Balaban J connectivity index is 2.03. The van der Waals surface area contributed by atoms with Gasteiger partial charge in [0.1, 0.15) is 0 Å². The van der Waals surface area contributed by atoms with Crippen molar-refractivity contribution in [2.75, 3.05) is 19.0 Å². The van der Waals surface area contributed by atoms with Crippen LogP contribution in [0.2, 0.25) is 0 Å². The first-order chi connectivity index (χ1) is 9.56. The first-order valence-electron chi connectivity index (χ1n) is 6.41. The third-order valence-corrected chi connectivity index (χ3v) is 3.18. The van der Waals surface area contributed by atoms with Crippen molar-refractivity contribution in [3.63, 3.8) is 0 Å². The van der Waals surface area contributed by atoms with Crippen LogP contribution in [0.15, 0.2) is 18.2 Å². The molecule has 108 valence electrons. The van der Waals surface area contributed by atoms with E-state index in [1.165, 1.54) is 7.11 Å². The number of amides is 1. The molecule has 0 spiro atoms. The van der Waals surface area contributed by atoms with Gasteiger partial charge in [-0.15, -0.1) is 0 Å². The number of hydrogen-bond donors (Lipinski definition) is 2. The molecule has 0 saturated heterocycles. The Labute approximate surface area is 116 Å².